The lowest BCUT2D eigenvalue weighted by Crippen LogP contribution is -2.02. The number of aromatic carboxylic acids is 1. The Bertz CT molecular complexity index is 1040. The van der Waals surface area contributed by atoms with Gasteiger partial charge in [0.25, 0.3) is 0 Å². The van der Waals surface area contributed by atoms with Gasteiger partial charge in [-0.15, -0.1) is 0 Å². The van der Waals surface area contributed by atoms with Gasteiger partial charge in [0.1, 0.15) is 0 Å². The zero-order valence-electron chi connectivity index (χ0n) is 19.9. The summed E-state index contributed by atoms with van der Waals surface area (Å²) in [6.45, 7) is 4.39. The summed E-state index contributed by atoms with van der Waals surface area (Å²) >= 11 is 0. The van der Waals surface area contributed by atoms with Gasteiger partial charge in [-0.3, -0.25) is 0 Å². The molecule has 0 amide bonds. The largest absolute Gasteiger partial charge is 0.478 e. The van der Waals surface area contributed by atoms with Gasteiger partial charge in [-0.1, -0.05) is 35.4 Å². The van der Waals surface area contributed by atoms with Crippen LogP contribution in [0.2, 0.25) is 0 Å². The van der Waals surface area contributed by atoms with Crippen LogP contribution in [0.5, 0.6) is 0 Å². The quantitative estimate of drug-likeness (QED) is 0.492. The minimum Gasteiger partial charge on any atom is -0.478 e. The Labute approximate surface area is 197 Å². The summed E-state index contributed by atoms with van der Waals surface area (Å²) in [6.07, 6.45) is 9.75. The Kier molecular flexibility index (Phi) is 8.65. The zero-order chi connectivity index (χ0) is 23.8. The van der Waals surface area contributed by atoms with Crippen molar-refractivity contribution in [2.45, 2.75) is 65.2 Å². The van der Waals surface area contributed by atoms with Gasteiger partial charge in [-0.2, -0.15) is 0 Å². The van der Waals surface area contributed by atoms with E-state index in [2.05, 4.69) is 13.8 Å². The molecule has 1 N–H and O–H groups in total. The third-order valence-electron chi connectivity index (χ3n) is 6.62. The van der Waals surface area contributed by atoms with Gasteiger partial charge in [-0.05, 0) is 112 Å². The maximum absolute atomic E-state index is 11.3. The molecule has 0 aliphatic heterocycles. The molecule has 2 aromatic rings. The third-order valence-corrected chi connectivity index (χ3v) is 6.62. The van der Waals surface area contributed by atoms with E-state index in [-0.39, 0.29) is 5.97 Å². The summed E-state index contributed by atoms with van der Waals surface area (Å²) in [5, 5.41) is 8.83. The van der Waals surface area contributed by atoms with E-state index in [0.717, 1.165) is 12.8 Å². The van der Waals surface area contributed by atoms with Crippen LogP contribution < -0.4 is 0 Å². The zero-order valence-corrected chi connectivity index (χ0v) is 19.9. The molecule has 0 aromatic heterocycles. The van der Waals surface area contributed by atoms with Crippen LogP contribution in [0.25, 0.3) is 11.1 Å². The molecule has 0 saturated heterocycles. The maximum Gasteiger partial charge on any atom is 0.337 e. The summed E-state index contributed by atoms with van der Waals surface area (Å²) in [4.78, 5) is 22.1. The van der Waals surface area contributed by atoms with Gasteiger partial charge in [0.2, 0.25) is 0 Å². The highest BCUT2D eigenvalue weighted by atomic mass is 16.5. The maximum atomic E-state index is 11.3. The Morgan fingerprint density at radius 3 is 1.42 bits per heavy atom. The molecular weight excluding hydrogens is 412 g/mol. The number of rotatable bonds is 4. The Morgan fingerprint density at radius 1 is 0.667 bits per heavy atom. The number of methoxy groups -OCH3 is 1. The van der Waals surface area contributed by atoms with Gasteiger partial charge in [0, 0.05) is 0 Å². The molecule has 4 nitrogen and oxygen atoms in total. The van der Waals surface area contributed by atoms with Crippen LogP contribution in [-0.4, -0.2) is 24.2 Å². The van der Waals surface area contributed by atoms with E-state index in [9.17, 15) is 9.59 Å². The van der Waals surface area contributed by atoms with E-state index < -0.39 is 5.97 Å². The second kappa shape index (κ2) is 11.6. The summed E-state index contributed by atoms with van der Waals surface area (Å²) < 4.78 is 4.69. The first-order valence-electron chi connectivity index (χ1n) is 11.8. The Balaban J connectivity index is 0.000000186. The summed E-state index contributed by atoms with van der Waals surface area (Å²) in [7, 11) is 1.41. The highest BCUT2D eigenvalue weighted by Gasteiger charge is 2.13. The fourth-order valence-electron chi connectivity index (χ4n) is 4.63. The number of hydrogen-bond donors (Lipinski definition) is 1. The molecular formula is C29H34O4. The highest BCUT2D eigenvalue weighted by molar-refractivity contribution is 5.90. The van der Waals surface area contributed by atoms with Crippen LogP contribution >= 0.6 is 0 Å². The first-order chi connectivity index (χ1) is 15.9. The number of carboxylic acids is 1. The van der Waals surface area contributed by atoms with Crippen molar-refractivity contribution in [1.82, 2.24) is 0 Å². The second-order valence-corrected chi connectivity index (χ2v) is 8.88. The van der Waals surface area contributed by atoms with E-state index in [4.69, 9.17) is 9.84 Å². The third kappa shape index (κ3) is 6.44. The average Bonchev–Trinajstić information content (AvgIpc) is 2.85. The predicted octanol–water partition coefficient (Wildman–Crippen LogP) is 7.55. The summed E-state index contributed by atoms with van der Waals surface area (Å²) in [5.74, 6) is -1.13. The molecule has 0 unspecified atom stereocenters. The first-order valence-corrected chi connectivity index (χ1v) is 11.8. The number of carboxylic acid groups (broad SMARTS) is 1. The SMILES string of the molecule is CC1=C(c2ccc(C(=O)O)cc2)CCCC1.COC(=O)c1ccc(C2=C(C)CCCC2)cc1. The molecule has 2 aromatic carbocycles. The second-order valence-electron chi connectivity index (χ2n) is 8.88. The topological polar surface area (TPSA) is 63.6 Å². The smallest absolute Gasteiger partial charge is 0.337 e. The van der Waals surface area contributed by atoms with E-state index >= 15 is 0 Å². The molecule has 0 radical (unpaired) electrons. The molecule has 0 bridgehead atoms. The minimum absolute atomic E-state index is 0.272. The molecule has 2 aliphatic carbocycles. The van der Waals surface area contributed by atoms with Crippen LogP contribution in [0.15, 0.2) is 59.7 Å². The van der Waals surface area contributed by atoms with E-state index in [1.165, 1.54) is 79.1 Å². The number of carbonyl (C=O) groups excluding carboxylic acids is 1. The van der Waals surface area contributed by atoms with Crippen LogP contribution in [0.1, 0.15) is 97.1 Å². The van der Waals surface area contributed by atoms with Crippen molar-refractivity contribution in [3.8, 4) is 0 Å². The Morgan fingerprint density at radius 2 is 1.06 bits per heavy atom. The van der Waals surface area contributed by atoms with Gasteiger partial charge in [0.15, 0.2) is 0 Å². The molecule has 0 spiro atoms. The fraction of sp³-hybridized carbons (Fsp3) is 0.379. The number of allylic oxidation sites excluding steroid dienone is 4. The number of ether oxygens (including phenoxy) is 1. The van der Waals surface area contributed by atoms with Crippen molar-refractivity contribution < 1.29 is 19.4 Å². The van der Waals surface area contributed by atoms with Crippen molar-refractivity contribution >= 4 is 23.1 Å². The number of benzene rings is 2. The number of hydrogen-bond acceptors (Lipinski definition) is 3. The standard InChI is InChI=1S/C15H18O2.C14H16O2/c1-11-5-3-4-6-14(11)12-7-9-13(10-8-12)15(16)17-2;1-10-4-2-3-5-13(10)11-6-8-12(9-7-11)14(15)16/h7-10H,3-6H2,1-2H3;6-9H,2-5H2,1H3,(H,15,16). The van der Waals surface area contributed by atoms with Crippen molar-refractivity contribution in [2.75, 3.05) is 7.11 Å². The fourth-order valence-corrected chi connectivity index (χ4v) is 4.63. The number of carbonyl (C=O) groups is 2. The van der Waals surface area contributed by atoms with Crippen LogP contribution in [0.4, 0.5) is 0 Å². The normalized spacial score (nSPS) is 16.1. The molecule has 0 heterocycles. The van der Waals surface area contributed by atoms with Crippen molar-refractivity contribution in [3.63, 3.8) is 0 Å². The van der Waals surface area contributed by atoms with Gasteiger partial charge in [0.05, 0.1) is 18.2 Å². The summed E-state index contributed by atoms with van der Waals surface area (Å²) in [5.41, 5.74) is 9.20. The summed E-state index contributed by atoms with van der Waals surface area (Å²) in [6, 6.07) is 15.0. The van der Waals surface area contributed by atoms with Crippen LogP contribution in [0.3, 0.4) is 0 Å². The lowest BCUT2D eigenvalue weighted by Gasteiger charge is -2.18. The molecule has 174 valence electrons. The Hall–Kier alpha value is -3.14. The van der Waals surface area contributed by atoms with Gasteiger partial charge >= 0.3 is 11.9 Å². The minimum atomic E-state index is -0.860. The van der Waals surface area contributed by atoms with E-state index in [0.29, 0.717) is 11.1 Å². The van der Waals surface area contributed by atoms with Crippen molar-refractivity contribution in [2.24, 2.45) is 0 Å². The molecule has 33 heavy (non-hydrogen) atoms. The molecule has 4 rings (SSSR count). The van der Waals surface area contributed by atoms with Crippen molar-refractivity contribution in [3.05, 3.63) is 81.9 Å². The number of esters is 1. The predicted molar refractivity (Wildman–Crippen MR) is 133 cm³/mol. The molecule has 4 heteroatoms. The molecule has 0 saturated carbocycles. The van der Waals surface area contributed by atoms with Crippen LogP contribution in [0, 0.1) is 0 Å². The van der Waals surface area contributed by atoms with Crippen molar-refractivity contribution in [1.29, 1.82) is 0 Å². The lowest BCUT2D eigenvalue weighted by molar-refractivity contribution is 0.0599. The lowest BCUT2D eigenvalue weighted by atomic mass is 9.88. The monoisotopic (exact) mass is 446 g/mol. The van der Waals surface area contributed by atoms with Crippen LogP contribution in [-0.2, 0) is 4.74 Å². The average molecular weight is 447 g/mol. The molecule has 0 fully saturated rings. The van der Waals surface area contributed by atoms with Gasteiger partial charge < -0.3 is 9.84 Å². The highest BCUT2D eigenvalue weighted by Crippen LogP contribution is 2.33. The molecule has 2 aliphatic rings. The first kappa shape index (κ1) is 24.5. The van der Waals surface area contributed by atoms with E-state index in [1.54, 1.807) is 12.1 Å². The molecule has 0 atom stereocenters. The van der Waals surface area contributed by atoms with E-state index in [1.807, 2.05) is 36.4 Å². The van der Waals surface area contributed by atoms with Gasteiger partial charge in [-0.25, -0.2) is 9.59 Å².